The van der Waals surface area contributed by atoms with Crippen LogP contribution in [-0.4, -0.2) is 22.6 Å². The van der Waals surface area contributed by atoms with Crippen molar-refractivity contribution in [2.24, 2.45) is 5.92 Å². The van der Waals surface area contributed by atoms with Crippen LogP contribution in [0.3, 0.4) is 0 Å². The van der Waals surface area contributed by atoms with Gasteiger partial charge in [0.25, 0.3) is 11.1 Å². The fourth-order valence-electron chi connectivity index (χ4n) is 4.65. The molecular weight excluding hydrogens is 430 g/mol. The van der Waals surface area contributed by atoms with Gasteiger partial charge in [-0.15, -0.1) is 0 Å². The molecule has 2 aliphatic rings. The monoisotopic (exact) mass is 457 g/mol. The second kappa shape index (κ2) is 9.84. The first-order valence-corrected chi connectivity index (χ1v) is 12.4. The molecule has 0 atom stereocenters. The lowest BCUT2D eigenvalue weighted by molar-refractivity contribution is -0.123. The minimum Gasteiger partial charge on any atom is -0.488 e. The summed E-state index contributed by atoms with van der Waals surface area (Å²) in [6.45, 7) is 0.973. The van der Waals surface area contributed by atoms with Gasteiger partial charge < -0.3 is 4.74 Å². The predicted molar refractivity (Wildman–Crippen MR) is 134 cm³/mol. The molecule has 2 fully saturated rings. The van der Waals surface area contributed by atoms with E-state index in [-0.39, 0.29) is 11.1 Å². The van der Waals surface area contributed by atoms with Crippen molar-refractivity contribution in [1.82, 2.24) is 4.90 Å². The lowest BCUT2D eigenvalue weighted by Crippen LogP contribution is -2.34. The second-order valence-electron chi connectivity index (χ2n) is 8.80. The number of amides is 2. The summed E-state index contributed by atoms with van der Waals surface area (Å²) in [6, 6.07) is 22.2. The number of imide groups is 1. The fourth-order valence-corrected chi connectivity index (χ4v) is 5.49. The highest BCUT2D eigenvalue weighted by Crippen LogP contribution is 2.36. The SMILES string of the molecule is O=C1S/C(=C/c2ccccc2OCc2ccc3ccccc3c2)C(=O)N1CC1CCCCC1. The number of hydrogen-bond donors (Lipinski definition) is 0. The zero-order valence-corrected chi connectivity index (χ0v) is 19.4. The number of fused-ring (bicyclic) bond motifs is 1. The van der Waals surface area contributed by atoms with Crippen molar-refractivity contribution in [3.05, 3.63) is 82.8 Å². The van der Waals surface area contributed by atoms with Gasteiger partial charge in [-0.25, -0.2) is 0 Å². The Bertz CT molecular complexity index is 1210. The molecule has 4 nitrogen and oxygen atoms in total. The summed E-state index contributed by atoms with van der Waals surface area (Å²) in [5.41, 5.74) is 1.89. The molecule has 168 valence electrons. The molecule has 1 saturated heterocycles. The van der Waals surface area contributed by atoms with E-state index in [9.17, 15) is 9.59 Å². The molecule has 0 unspecified atom stereocenters. The second-order valence-corrected chi connectivity index (χ2v) is 9.80. The van der Waals surface area contributed by atoms with Gasteiger partial charge in [-0.1, -0.05) is 73.9 Å². The maximum Gasteiger partial charge on any atom is 0.293 e. The third-order valence-electron chi connectivity index (χ3n) is 6.45. The Labute approximate surface area is 198 Å². The van der Waals surface area contributed by atoms with Crippen molar-refractivity contribution in [3.63, 3.8) is 0 Å². The van der Waals surface area contributed by atoms with Crippen LogP contribution in [0.15, 0.2) is 71.6 Å². The van der Waals surface area contributed by atoms with Gasteiger partial charge in [-0.2, -0.15) is 0 Å². The normalized spacial score (nSPS) is 18.4. The van der Waals surface area contributed by atoms with Crippen LogP contribution >= 0.6 is 11.8 Å². The number of benzene rings is 3. The minimum atomic E-state index is -0.181. The molecule has 1 heterocycles. The highest BCUT2D eigenvalue weighted by atomic mass is 32.2. The van der Waals surface area contributed by atoms with Gasteiger partial charge in [0.15, 0.2) is 0 Å². The molecule has 5 rings (SSSR count). The summed E-state index contributed by atoms with van der Waals surface area (Å²) in [5.74, 6) is 0.953. The summed E-state index contributed by atoms with van der Waals surface area (Å²) in [7, 11) is 0. The Hall–Kier alpha value is -3.05. The van der Waals surface area contributed by atoms with Crippen molar-refractivity contribution in [3.8, 4) is 5.75 Å². The first-order chi connectivity index (χ1) is 16.2. The quantitative estimate of drug-likeness (QED) is 0.373. The van der Waals surface area contributed by atoms with Crippen LogP contribution in [0.25, 0.3) is 16.8 Å². The number of para-hydroxylation sites is 1. The van der Waals surface area contributed by atoms with Crippen LogP contribution in [-0.2, 0) is 11.4 Å². The molecule has 5 heteroatoms. The van der Waals surface area contributed by atoms with E-state index in [0.717, 1.165) is 35.7 Å². The molecule has 33 heavy (non-hydrogen) atoms. The Morgan fingerprint density at radius 2 is 1.67 bits per heavy atom. The maximum absolute atomic E-state index is 13.0. The number of ether oxygens (including phenoxy) is 1. The lowest BCUT2D eigenvalue weighted by atomic mass is 9.89. The number of rotatable bonds is 6. The highest BCUT2D eigenvalue weighted by Gasteiger charge is 2.36. The van der Waals surface area contributed by atoms with Gasteiger partial charge in [0.05, 0.1) is 4.91 Å². The third kappa shape index (κ3) is 4.98. The van der Waals surface area contributed by atoms with E-state index >= 15 is 0 Å². The van der Waals surface area contributed by atoms with Crippen LogP contribution in [0.1, 0.15) is 43.2 Å². The van der Waals surface area contributed by atoms with E-state index in [2.05, 4.69) is 30.3 Å². The number of thioether (sulfide) groups is 1. The minimum absolute atomic E-state index is 0.161. The van der Waals surface area contributed by atoms with Gasteiger partial charge in [0, 0.05) is 12.1 Å². The number of hydrogen-bond acceptors (Lipinski definition) is 4. The smallest absolute Gasteiger partial charge is 0.293 e. The van der Waals surface area contributed by atoms with Crippen molar-refractivity contribution in [2.75, 3.05) is 6.54 Å². The topological polar surface area (TPSA) is 46.6 Å². The van der Waals surface area contributed by atoms with Crippen LogP contribution in [0.4, 0.5) is 4.79 Å². The van der Waals surface area contributed by atoms with Gasteiger partial charge >= 0.3 is 0 Å². The first-order valence-electron chi connectivity index (χ1n) is 11.6. The zero-order chi connectivity index (χ0) is 22.6. The van der Waals surface area contributed by atoms with Crippen LogP contribution in [0.5, 0.6) is 5.75 Å². The van der Waals surface area contributed by atoms with Gasteiger partial charge in [-0.05, 0) is 65.1 Å². The Balaban J connectivity index is 1.30. The summed E-state index contributed by atoms with van der Waals surface area (Å²) >= 11 is 1.03. The molecule has 1 aliphatic carbocycles. The van der Waals surface area contributed by atoms with Crippen molar-refractivity contribution in [2.45, 2.75) is 38.7 Å². The van der Waals surface area contributed by atoms with Gasteiger partial charge in [-0.3, -0.25) is 14.5 Å². The van der Waals surface area contributed by atoms with Gasteiger partial charge in [0.2, 0.25) is 0 Å². The average molecular weight is 458 g/mol. The van der Waals surface area contributed by atoms with E-state index < -0.39 is 0 Å². The predicted octanol–water partition coefficient (Wildman–Crippen LogP) is 7.04. The Kier molecular flexibility index (Phi) is 6.49. The summed E-state index contributed by atoms with van der Waals surface area (Å²) in [6.07, 6.45) is 7.64. The number of carbonyl (C=O) groups is 2. The van der Waals surface area contributed by atoms with Gasteiger partial charge in [0.1, 0.15) is 12.4 Å². The first kappa shape index (κ1) is 21.8. The summed E-state index contributed by atoms with van der Waals surface area (Å²) in [4.78, 5) is 27.4. The molecule has 0 aromatic heterocycles. The van der Waals surface area contributed by atoms with E-state index in [0.29, 0.717) is 29.7 Å². The van der Waals surface area contributed by atoms with E-state index in [1.54, 1.807) is 6.08 Å². The molecular formula is C28H27NO3S. The van der Waals surface area contributed by atoms with Crippen LogP contribution in [0, 0.1) is 5.92 Å². The lowest BCUT2D eigenvalue weighted by Gasteiger charge is -2.25. The highest BCUT2D eigenvalue weighted by molar-refractivity contribution is 8.18. The average Bonchev–Trinajstić information content (AvgIpc) is 3.11. The zero-order valence-electron chi connectivity index (χ0n) is 18.5. The van der Waals surface area contributed by atoms with Crippen molar-refractivity contribution >= 4 is 39.8 Å². The van der Waals surface area contributed by atoms with Crippen LogP contribution in [0.2, 0.25) is 0 Å². The molecule has 2 amide bonds. The number of nitrogens with zero attached hydrogens (tertiary/aromatic N) is 1. The molecule has 0 bridgehead atoms. The van der Waals surface area contributed by atoms with E-state index in [1.165, 1.54) is 34.9 Å². The third-order valence-corrected chi connectivity index (χ3v) is 7.36. The molecule has 3 aromatic carbocycles. The molecule has 0 N–H and O–H groups in total. The summed E-state index contributed by atoms with van der Waals surface area (Å²) < 4.78 is 6.13. The van der Waals surface area contributed by atoms with Crippen molar-refractivity contribution in [1.29, 1.82) is 0 Å². The molecule has 1 aliphatic heterocycles. The van der Waals surface area contributed by atoms with Crippen LogP contribution < -0.4 is 4.74 Å². The molecule has 1 saturated carbocycles. The molecule has 3 aromatic rings. The van der Waals surface area contributed by atoms with E-state index in [1.807, 2.05) is 36.4 Å². The molecule has 0 spiro atoms. The maximum atomic E-state index is 13.0. The fraction of sp³-hybridized carbons (Fsp3) is 0.286. The van der Waals surface area contributed by atoms with E-state index in [4.69, 9.17) is 4.74 Å². The summed E-state index contributed by atoms with van der Waals surface area (Å²) in [5, 5.41) is 2.22. The Morgan fingerprint density at radius 1 is 0.909 bits per heavy atom. The standard InChI is InChI=1S/C28H27NO3S/c30-27-26(33-28(31)29(27)18-20-8-2-1-3-9-20)17-24-12-6-7-13-25(24)32-19-21-14-15-22-10-4-5-11-23(22)16-21/h4-7,10-17,20H,1-3,8-9,18-19H2/b26-17+. The molecule has 0 radical (unpaired) electrons. The largest absolute Gasteiger partial charge is 0.488 e. The van der Waals surface area contributed by atoms with Crippen molar-refractivity contribution < 1.29 is 14.3 Å². The number of carbonyl (C=O) groups excluding carboxylic acids is 2. The Morgan fingerprint density at radius 3 is 2.52 bits per heavy atom.